The number of esters is 1. The monoisotopic (exact) mass is 392 g/mol. The van der Waals surface area contributed by atoms with Gasteiger partial charge in [-0.2, -0.15) is 4.98 Å². The number of rotatable bonds is 8. The molecule has 0 aliphatic carbocycles. The minimum absolute atomic E-state index is 0.286. The fourth-order valence-corrected chi connectivity index (χ4v) is 4.41. The van der Waals surface area contributed by atoms with Gasteiger partial charge in [0.15, 0.2) is 0 Å². The molecule has 6 nitrogen and oxygen atoms in total. The van der Waals surface area contributed by atoms with Crippen LogP contribution in [0.2, 0.25) is 0 Å². The maximum Gasteiger partial charge on any atom is 0.338 e. The number of nitrogens with zero attached hydrogens (tertiary/aromatic N) is 3. The molecule has 1 aliphatic heterocycles. The molecule has 0 saturated heterocycles. The average Bonchev–Trinajstić information content (AvgIpc) is 3.28. The van der Waals surface area contributed by atoms with Crippen molar-refractivity contribution in [2.75, 3.05) is 17.7 Å². The molecule has 1 N–H and O–H groups in total. The summed E-state index contributed by atoms with van der Waals surface area (Å²) in [5, 5.41) is 10.8. The van der Waals surface area contributed by atoms with Gasteiger partial charge in [-0.15, -0.1) is 16.4 Å². The highest BCUT2D eigenvalue weighted by atomic mass is 32.2. The van der Waals surface area contributed by atoms with Crippen molar-refractivity contribution in [2.45, 2.75) is 51.2 Å². The van der Waals surface area contributed by atoms with E-state index < -0.39 is 0 Å². The van der Waals surface area contributed by atoms with E-state index in [1.165, 1.54) is 0 Å². The predicted octanol–water partition coefficient (Wildman–Crippen LogP) is 4.47. The third-order valence-electron chi connectivity index (χ3n) is 3.96. The summed E-state index contributed by atoms with van der Waals surface area (Å²) in [6, 6.07) is 3.73. The van der Waals surface area contributed by atoms with Gasteiger partial charge in [0.05, 0.1) is 12.2 Å². The third-order valence-corrected chi connectivity index (χ3v) is 5.93. The molecular weight excluding hydrogens is 368 g/mol. The van der Waals surface area contributed by atoms with Gasteiger partial charge in [0.1, 0.15) is 6.04 Å². The van der Waals surface area contributed by atoms with Crippen molar-refractivity contribution in [2.24, 2.45) is 0 Å². The molecule has 0 saturated carbocycles. The van der Waals surface area contributed by atoms with E-state index in [0.717, 1.165) is 40.7 Å². The number of aromatic nitrogens is 3. The van der Waals surface area contributed by atoms with Gasteiger partial charge in [-0.1, -0.05) is 38.1 Å². The van der Waals surface area contributed by atoms with Gasteiger partial charge in [-0.05, 0) is 31.2 Å². The number of carbonyl (C=O) groups is 1. The standard InChI is InChI=1S/C18H24N4O2S2/c1-4-8-12-14(16(23)24-6-3)15(13-9-7-11-25-13)22-17(19-12)20-18(21-22)26-10-5-2/h7,9,11,15H,4-6,8,10H2,1-3H3,(H,19,20,21). The molecule has 0 radical (unpaired) electrons. The molecule has 0 spiro atoms. The maximum absolute atomic E-state index is 12.8. The van der Waals surface area contributed by atoms with Crippen LogP contribution >= 0.6 is 23.1 Å². The van der Waals surface area contributed by atoms with Crippen molar-refractivity contribution < 1.29 is 9.53 Å². The van der Waals surface area contributed by atoms with Gasteiger partial charge in [-0.25, -0.2) is 9.48 Å². The second kappa shape index (κ2) is 8.73. The second-order valence-electron chi connectivity index (χ2n) is 5.92. The molecule has 3 heterocycles. The lowest BCUT2D eigenvalue weighted by atomic mass is 9.99. The Balaban J connectivity index is 2.08. The van der Waals surface area contributed by atoms with E-state index in [2.05, 4.69) is 29.2 Å². The molecule has 1 aliphatic rings. The molecule has 0 fully saturated rings. The van der Waals surface area contributed by atoms with Crippen LogP contribution < -0.4 is 5.32 Å². The molecule has 26 heavy (non-hydrogen) atoms. The van der Waals surface area contributed by atoms with E-state index in [4.69, 9.17) is 4.74 Å². The molecule has 2 aromatic rings. The first-order valence-corrected chi connectivity index (χ1v) is 10.9. The lowest BCUT2D eigenvalue weighted by Crippen LogP contribution is -2.30. The fraction of sp³-hybridized carbons (Fsp3) is 0.500. The number of fused-ring (bicyclic) bond motifs is 1. The van der Waals surface area contributed by atoms with Gasteiger partial charge in [0.25, 0.3) is 0 Å². The van der Waals surface area contributed by atoms with Crippen LogP contribution in [0.4, 0.5) is 5.95 Å². The van der Waals surface area contributed by atoms with Crippen molar-refractivity contribution in [3.8, 4) is 0 Å². The Morgan fingerprint density at radius 1 is 1.38 bits per heavy atom. The second-order valence-corrected chi connectivity index (χ2v) is 7.96. The number of hydrogen-bond acceptors (Lipinski definition) is 7. The summed E-state index contributed by atoms with van der Waals surface area (Å²) >= 11 is 3.25. The van der Waals surface area contributed by atoms with Crippen LogP contribution in [0.5, 0.6) is 0 Å². The highest BCUT2D eigenvalue weighted by Gasteiger charge is 2.36. The number of nitrogens with one attached hydrogen (secondary N) is 1. The Hall–Kier alpha value is -1.80. The van der Waals surface area contributed by atoms with E-state index >= 15 is 0 Å². The molecule has 1 atom stereocenters. The van der Waals surface area contributed by atoms with Gasteiger partial charge in [0.2, 0.25) is 11.1 Å². The Labute approximate surface area is 162 Å². The Morgan fingerprint density at radius 2 is 2.23 bits per heavy atom. The number of thiophene rings is 1. The molecule has 0 amide bonds. The first kappa shape index (κ1) is 19.0. The van der Waals surface area contributed by atoms with E-state index in [1.54, 1.807) is 23.1 Å². The normalized spacial score (nSPS) is 16.3. The molecule has 3 rings (SSSR count). The Morgan fingerprint density at radius 3 is 2.88 bits per heavy atom. The Bertz CT molecular complexity index is 783. The predicted molar refractivity (Wildman–Crippen MR) is 106 cm³/mol. The molecular formula is C18H24N4O2S2. The summed E-state index contributed by atoms with van der Waals surface area (Å²) in [6.07, 6.45) is 2.75. The number of anilines is 1. The molecule has 0 aromatic carbocycles. The SMILES string of the molecule is CCCSc1nc2n(n1)C(c1cccs1)C(C(=O)OCC)=C(CCC)N2. The van der Waals surface area contributed by atoms with Crippen LogP contribution in [0, 0.1) is 0 Å². The first-order chi connectivity index (χ1) is 12.7. The number of hydrogen-bond donors (Lipinski definition) is 1. The first-order valence-electron chi connectivity index (χ1n) is 8.99. The smallest absolute Gasteiger partial charge is 0.338 e. The van der Waals surface area contributed by atoms with Crippen LogP contribution in [0.3, 0.4) is 0 Å². The van der Waals surface area contributed by atoms with Crippen LogP contribution in [-0.4, -0.2) is 33.1 Å². The van der Waals surface area contributed by atoms with E-state index in [1.807, 2.05) is 29.1 Å². The molecule has 0 bridgehead atoms. The van der Waals surface area contributed by atoms with E-state index in [9.17, 15) is 4.79 Å². The quantitative estimate of drug-likeness (QED) is 0.528. The zero-order valence-corrected chi connectivity index (χ0v) is 17.0. The summed E-state index contributed by atoms with van der Waals surface area (Å²) in [5.41, 5.74) is 1.52. The van der Waals surface area contributed by atoms with Crippen LogP contribution in [0.15, 0.2) is 33.9 Å². The number of thioether (sulfide) groups is 1. The van der Waals surface area contributed by atoms with Crippen molar-refractivity contribution in [3.63, 3.8) is 0 Å². The zero-order chi connectivity index (χ0) is 18.5. The van der Waals surface area contributed by atoms with E-state index in [0.29, 0.717) is 18.1 Å². The fourth-order valence-electron chi connectivity index (χ4n) is 2.91. The summed E-state index contributed by atoms with van der Waals surface area (Å²) in [6.45, 7) is 6.41. The topological polar surface area (TPSA) is 69.0 Å². The summed E-state index contributed by atoms with van der Waals surface area (Å²) in [7, 11) is 0. The largest absolute Gasteiger partial charge is 0.463 e. The number of carbonyl (C=O) groups excluding carboxylic acids is 1. The Kier molecular flexibility index (Phi) is 6.37. The van der Waals surface area contributed by atoms with Crippen LogP contribution in [0.25, 0.3) is 0 Å². The maximum atomic E-state index is 12.8. The lowest BCUT2D eigenvalue weighted by Gasteiger charge is -2.28. The minimum Gasteiger partial charge on any atom is -0.463 e. The highest BCUT2D eigenvalue weighted by molar-refractivity contribution is 7.99. The summed E-state index contributed by atoms with van der Waals surface area (Å²) in [5.74, 6) is 1.37. The third kappa shape index (κ3) is 3.81. The van der Waals surface area contributed by atoms with Gasteiger partial charge >= 0.3 is 5.97 Å². The van der Waals surface area contributed by atoms with Crippen molar-refractivity contribution in [1.29, 1.82) is 0 Å². The summed E-state index contributed by atoms with van der Waals surface area (Å²) in [4.78, 5) is 18.5. The molecule has 8 heteroatoms. The van der Waals surface area contributed by atoms with Crippen molar-refractivity contribution in [3.05, 3.63) is 33.7 Å². The van der Waals surface area contributed by atoms with Gasteiger partial charge < -0.3 is 10.1 Å². The number of ether oxygens (including phenoxy) is 1. The zero-order valence-electron chi connectivity index (χ0n) is 15.3. The summed E-state index contributed by atoms with van der Waals surface area (Å²) < 4.78 is 7.20. The van der Waals surface area contributed by atoms with Gasteiger partial charge in [0, 0.05) is 16.3 Å². The molecule has 140 valence electrons. The van der Waals surface area contributed by atoms with Crippen LogP contribution in [-0.2, 0) is 9.53 Å². The van der Waals surface area contributed by atoms with Gasteiger partial charge in [-0.3, -0.25) is 0 Å². The van der Waals surface area contributed by atoms with Crippen molar-refractivity contribution in [1.82, 2.24) is 14.8 Å². The molecule has 1 unspecified atom stereocenters. The lowest BCUT2D eigenvalue weighted by molar-refractivity contribution is -0.139. The molecule has 2 aromatic heterocycles. The highest BCUT2D eigenvalue weighted by Crippen LogP contribution is 2.39. The van der Waals surface area contributed by atoms with E-state index in [-0.39, 0.29) is 12.0 Å². The average molecular weight is 393 g/mol. The van der Waals surface area contributed by atoms with Crippen LogP contribution in [0.1, 0.15) is 51.0 Å². The van der Waals surface area contributed by atoms with Crippen molar-refractivity contribution >= 4 is 35.0 Å². The minimum atomic E-state index is -0.296. The number of allylic oxidation sites excluding steroid dienone is 1.